The lowest BCUT2D eigenvalue weighted by Crippen LogP contribution is -2.31. The summed E-state index contributed by atoms with van der Waals surface area (Å²) in [5, 5.41) is 0. The summed E-state index contributed by atoms with van der Waals surface area (Å²) in [6.45, 7) is 0. The third-order valence-corrected chi connectivity index (χ3v) is 1.79. The van der Waals surface area contributed by atoms with Gasteiger partial charge in [-0.1, -0.05) is 0 Å². The molecule has 0 aliphatic heterocycles. The predicted octanol–water partition coefficient (Wildman–Crippen LogP) is 1.23. The highest BCUT2D eigenvalue weighted by atomic mass is 19.3. The average molecular weight is 202 g/mol. The maximum absolute atomic E-state index is 12.1. The van der Waals surface area contributed by atoms with Crippen LogP contribution in [0.1, 0.15) is 5.69 Å². The highest BCUT2D eigenvalue weighted by Gasteiger charge is 2.16. The molecule has 78 valence electrons. The number of pyridine rings is 1. The van der Waals surface area contributed by atoms with Crippen molar-refractivity contribution in [2.45, 2.75) is 18.9 Å². The Balaban J connectivity index is 2.66. The molecule has 0 amide bonds. The Bertz CT molecular complexity index is 294. The minimum absolute atomic E-state index is 0.0505. The summed E-state index contributed by atoms with van der Waals surface area (Å²) in [7, 11) is 1.51. The van der Waals surface area contributed by atoms with Crippen molar-refractivity contribution in [2.24, 2.45) is 5.73 Å². The fourth-order valence-electron chi connectivity index (χ4n) is 1.03. The summed E-state index contributed by atoms with van der Waals surface area (Å²) in [6, 6.07) is 2.08. The molecule has 14 heavy (non-hydrogen) atoms. The molecule has 0 aliphatic rings. The van der Waals surface area contributed by atoms with Gasteiger partial charge in [-0.25, -0.2) is 8.78 Å². The van der Waals surface area contributed by atoms with Gasteiger partial charge in [0.2, 0.25) is 0 Å². The molecular formula is C9H12F2N2O. The van der Waals surface area contributed by atoms with Gasteiger partial charge in [0.05, 0.1) is 13.2 Å². The molecule has 0 saturated heterocycles. The largest absolute Gasteiger partial charge is 0.497 e. The first kappa shape index (κ1) is 10.8. The third kappa shape index (κ3) is 2.92. The molecule has 0 radical (unpaired) electrons. The summed E-state index contributed by atoms with van der Waals surface area (Å²) in [6.07, 6.45) is -0.968. The SMILES string of the molecule is COc1ccnc(CC(N)C(F)F)c1. The first-order valence-corrected chi connectivity index (χ1v) is 4.16. The second-order valence-electron chi connectivity index (χ2n) is 2.89. The van der Waals surface area contributed by atoms with Crippen molar-refractivity contribution < 1.29 is 13.5 Å². The zero-order valence-electron chi connectivity index (χ0n) is 7.78. The lowest BCUT2D eigenvalue weighted by molar-refractivity contribution is 0.115. The number of hydrogen-bond acceptors (Lipinski definition) is 3. The van der Waals surface area contributed by atoms with Crippen molar-refractivity contribution in [3.05, 3.63) is 24.0 Å². The summed E-state index contributed by atoms with van der Waals surface area (Å²) in [4.78, 5) is 3.92. The van der Waals surface area contributed by atoms with E-state index < -0.39 is 12.5 Å². The summed E-state index contributed by atoms with van der Waals surface area (Å²) in [5.41, 5.74) is 5.72. The van der Waals surface area contributed by atoms with Crippen LogP contribution >= 0.6 is 0 Å². The molecule has 3 nitrogen and oxygen atoms in total. The Kier molecular flexibility index (Phi) is 3.76. The van der Waals surface area contributed by atoms with Gasteiger partial charge in [0, 0.05) is 24.4 Å². The van der Waals surface area contributed by atoms with Gasteiger partial charge in [-0.2, -0.15) is 0 Å². The van der Waals surface area contributed by atoms with E-state index in [9.17, 15) is 8.78 Å². The van der Waals surface area contributed by atoms with E-state index in [-0.39, 0.29) is 6.42 Å². The smallest absolute Gasteiger partial charge is 0.253 e. The highest BCUT2D eigenvalue weighted by molar-refractivity contribution is 5.22. The Morgan fingerprint density at radius 2 is 2.29 bits per heavy atom. The molecule has 0 spiro atoms. The first-order valence-electron chi connectivity index (χ1n) is 4.16. The third-order valence-electron chi connectivity index (χ3n) is 1.79. The molecule has 1 atom stereocenters. The van der Waals surface area contributed by atoms with Gasteiger partial charge in [-0.05, 0) is 6.07 Å². The molecule has 0 fully saturated rings. The average Bonchev–Trinajstić information content (AvgIpc) is 2.18. The molecular weight excluding hydrogens is 190 g/mol. The van der Waals surface area contributed by atoms with Gasteiger partial charge in [-0.3, -0.25) is 4.98 Å². The molecule has 5 heteroatoms. The van der Waals surface area contributed by atoms with Gasteiger partial charge in [0.15, 0.2) is 0 Å². The van der Waals surface area contributed by atoms with E-state index >= 15 is 0 Å². The van der Waals surface area contributed by atoms with Crippen LogP contribution in [-0.4, -0.2) is 24.6 Å². The number of nitrogens with two attached hydrogens (primary N) is 1. The van der Waals surface area contributed by atoms with Crippen LogP contribution in [0.25, 0.3) is 0 Å². The second-order valence-corrected chi connectivity index (χ2v) is 2.89. The van der Waals surface area contributed by atoms with Crippen molar-refractivity contribution >= 4 is 0 Å². The molecule has 1 aromatic rings. The van der Waals surface area contributed by atoms with Gasteiger partial charge >= 0.3 is 0 Å². The number of halogens is 2. The van der Waals surface area contributed by atoms with Crippen molar-refractivity contribution in [2.75, 3.05) is 7.11 Å². The number of hydrogen-bond donors (Lipinski definition) is 1. The van der Waals surface area contributed by atoms with Gasteiger partial charge < -0.3 is 10.5 Å². The van der Waals surface area contributed by atoms with Crippen molar-refractivity contribution in [1.29, 1.82) is 0 Å². The van der Waals surface area contributed by atoms with E-state index in [1.807, 2.05) is 0 Å². The van der Waals surface area contributed by atoms with E-state index in [0.29, 0.717) is 11.4 Å². The Morgan fingerprint density at radius 3 is 2.86 bits per heavy atom. The molecule has 1 unspecified atom stereocenters. The normalized spacial score (nSPS) is 12.9. The maximum Gasteiger partial charge on any atom is 0.253 e. The number of rotatable bonds is 4. The number of ether oxygens (including phenoxy) is 1. The number of aromatic nitrogens is 1. The number of alkyl halides is 2. The molecule has 1 rings (SSSR count). The van der Waals surface area contributed by atoms with Crippen LogP contribution in [0.15, 0.2) is 18.3 Å². The maximum atomic E-state index is 12.1. The van der Waals surface area contributed by atoms with Crippen LogP contribution in [0.5, 0.6) is 5.75 Å². The fourth-order valence-corrected chi connectivity index (χ4v) is 1.03. The fraction of sp³-hybridized carbons (Fsp3) is 0.444. The quantitative estimate of drug-likeness (QED) is 0.798. The van der Waals surface area contributed by atoms with E-state index in [4.69, 9.17) is 10.5 Å². The zero-order chi connectivity index (χ0) is 10.6. The second kappa shape index (κ2) is 4.85. The lowest BCUT2D eigenvalue weighted by atomic mass is 10.1. The lowest BCUT2D eigenvalue weighted by Gasteiger charge is -2.09. The van der Waals surface area contributed by atoms with Crippen molar-refractivity contribution in [1.82, 2.24) is 4.98 Å². The Labute approximate surface area is 80.9 Å². The monoisotopic (exact) mass is 202 g/mol. The minimum atomic E-state index is -2.52. The van der Waals surface area contributed by atoms with Crippen molar-refractivity contribution in [3.8, 4) is 5.75 Å². The topological polar surface area (TPSA) is 48.1 Å². The van der Waals surface area contributed by atoms with Crippen LogP contribution in [0.4, 0.5) is 8.78 Å². The zero-order valence-corrected chi connectivity index (χ0v) is 7.78. The molecule has 0 saturated carbocycles. The summed E-state index contributed by atoms with van der Waals surface area (Å²) in [5.74, 6) is 0.594. The van der Waals surface area contributed by atoms with Gasteiger partial charge in [-0.15, -0.1) is 0 Å². The van der Waals surface area contributed by atoms with Crippen LogP contribution in [0, 0.1) is 0 Å². The molecule has 0 bridgehead atoms. The molecule has 1 aromatic heterocycles. The van der Waals surface area contributed by atoms with Crippen LogP contribution in [0.2, 0.25) is 0 Å². The Hall–Kier alpha value is -1.23. The Morgan fingerprint density at radius 1 is 1.57 bits per heavy atom. The molecule has 1 heterocycles. The van der Waals surface area contributed by atoms with E-state index in [2.05, 4.69) is 4.98 Å². The summed E-state index contributed by atoms with van der Waals surface area (Å²) >= 11 is 0. The van der Waals surface area contributed by atoms with E-state index in [1.54, 1.807) is 12.1 Å². The van der Waals surface area contributed by atoms with Gasteiger partial charge in [0.25, 0.3) is 6.43 Å². The van der Waals surface area contributed by atoms with Gasteiger partial charge in [0.1, 0.15) is 5.75 Å². The van der Waals surface area contributed by atoms with Crippen molar-refractivity contribution in [3.63, 3.8) is 0 Å². The highest BCUT2D eigenvalue weighted by Crippen LogP contribution is 2.12. The van der Waals surface area contributed by atoms with E-state index in [1.165, 1.54) is 13.3 Å². The first-order chi connectivity index (χ1) is 6.63. The minimum Gasteiger partial charge on any atom is -0.497 e. The molecule has 0 aliphatic carbocycles. The van der Waals surface area contributed by atoms with Crippen LogP contribution in [-0.2, 0) is 6.42 Å². The summed E-state index contributed by atoms with van der Waals surface area (Å²) < 4.78 is 29.2. The number of methoxy groups -OCH3 is 1. The van der Waals surface area contributed by atoms with E-state index in [0.717, 1.165) is 0 Å². The van der Waals surface area contributed by atoms with Crippen LogP contribution in [0.3, 0.4) is 0 Å². The van der Waals surface area contributed by atoms with Crippen LogP contribution < -0.4 is 10.5 Å². The standard InChI is InChI=1S/C9H12F2N2O/c1-14-7-2-3-13-6(4-7)5-8(12)9(10)11/h2-4,8-9H,5,12H2,1H3. The number of nitrogens with zero attached hydrogens (tertiary/aromatic N) is 1. The molecule has 0 aromatic carbocycles. The molecule has 2 N–H and O–H groups in total. The predicted molar refractivity (Wildman–Crippen MR) is 48.5 cm³/mol.